The highest BCUT2D eigenvalue weighted by molar-refractivity contribution is 5.79. The molecule has 0 radical (unpaired) electrons. The van der Waals surface area contributed by atoms with Crippen molar-refractivity contribution in [2.45, 2.75) is 38.4 Å². The molecule has 1 fully saturated rings. The smallest absolute Gasteiger partial charge is 0.0653 e. The summed E-state index contributed by atoms with van der Waals surface area (Å²) in [4.78, 5) is 5.12. The molecule has 5 rings (SSSR count). The fourth-order valence-electron chi connectivity index (χ4n) is 4.58. The van der Waals surface area contributed by atoms with Crippen molar-refractivity contribution < 1.29 is 0 Å². The second kappa shape index (κ2) is 7.97. The van der Waals surface area contributed by atoms with Crippen LogP contribution in [0.3, 0.4) is 0 Å². The molecule has 150 valence electrons. The topological polar surface area (TPSA) is 63.8 Å². The molecule has 0 amide bonds. The molecule has 6 nitrogen and oxygen atoms in total. The zero-order chi connectivity index (χ0) is 19.6. The Morgan fingerprint density at radius 2 is 1.62 bits per heavy atom. The maximum Gasteiger partial charge on any atom is 0.0653 e. The van der Waals surface area contributed by atoms with Gasteiger partial charge >= 0.3 is 0 Å². The van der Waals surface area contributed by atoms with E-state index in [4.69, 9.17) is 0 Å². The van der Waals surface area contributed by atoms with Crippen molar-refractivity contribution in [2.75, 3.05) is 20.1 Å². The van der Waals surface area contributed by atoms with Crippen LogP contribution in [0.4, 0.5) is 0 Å². The summed E-state index contributed by atoms with van der Waals surface area (Å²) in [5.41, 5.74) is 4.96. The van der Waals surface area contributed by atoms with E-state index in [1.807, 2.05) is 12.4 Å². The van der Waals surface area contributed by atoms with Crippen molar-refractivity contribution in [1.82, 2.24) is 30.2 Å². The predicted molar refractivity (Wildman–Crippen MR) is 117 cm³/mol. The quantitative estimate of drug-likeness (QED) is 0.544. The minimum atomic E-state index is 0.632. The van der Waals surface area contributed by atoms with Crippen LogP contribution < -0.4 is 0 Å². The lowest BCUT2D eigenvalue weighted by Gasteiger charge is -2.27. The van der Waals surface area contributed by atoms with Gasteiger partial charge in [0.25, 0.3) is 0 Å². The highest BCUT2D eigenvalue weighted by Crippen LogP contribution is 2.21. The van der Waals surface area contributed by atoms with E-state index in [1.165, 1.54) is 47.7 Å². The lowest BCUT2D eigenvalue weighted by atomic mass is 10.1. The van der Waals surface area contributed by atoms with Crippen molar-refractivity contribution in [1.29, 1.82) is 0 Å². The summed E-state index contributed by atoms with van der Waals surface area (Å²) in [6.07, 6.45) is 7.50. The normalized spacial score (nSPS) is 18.6. The summed E-state index contributed by atoms with van der Waals surface area (Å²) in [7, 11) is 2.27. The van der Waals surface area contributed by atoms with Crippen LogP contribution in [0.2, 0.25) is 0 Å². The third-order valence-corrected chi connectivity index (χ3v) is 6.26. The van der Waals surface area contributed by atoms with Gasteiger partial charge in [-0.2, -0.15) is 10.2 Å². The molecule has 4 aromatic rings. The minimum absolute atomic E-state index is 0.632. The van der Waals surface area contributed by atoms with Gasteiger partial charge in [-0.1, -0.05) is 24.3 Å². The summed E-state index contributed by atoms with van der Waals surface area (Å²) in [6.45, 7) is 4.32. The summed E-state index contributed by atoms with van der Waals surface area (Å²) in [5, 5.41) is 16.8. The minimum Gasteiger partial charge on any atom is -0.299 e. The van der Waals surface area contributed by atoms with Gasteiger partial charge in [-0.05, 0) is 62.7 Å². The molecule has 29 heavy (non-hydrogen) atoms. The first-order valence-electron chi connectivity index (χ1n) is 10.5. The van der Waals surface area contributed by atoms with Crippen molar-refractivity contribution in [3.63, 3.8) is 0 Å². The third-order valence-electron chi connectivity index (χ3n) is 6.26. The summed E-state index contributed by atoms with van der Waals surface area (Å²) in [6, 6.07) is 13.9. The maximum absolute atomic E-state index is 4.13. The fourth-order valence-corrected chi connectivity index (χ4v) is 4.58. The van der Waals surface area contributed by atoms with Crippen LogP contribution in [0.15, 0.2) is 48.8 Å². The van der Waals surface area contributed by atoms with Crippen molar-refractivity contribution >= 4 is 21.8 Å². The monoisotopic (exact) mass is 388 g/mol. The number of hydrogen-bond acceptors (Lipinski definition) is 4. The van der Waals surface area contributed by atoms with E-state index in [0.717, 1.165) is 30.7 Å². The molecule has 2 N–H and O–H groups in total. The first-order chi connectivity index (χ1) is 14.2. The van der Waals surface area contributed by atoms with Crippen molar-refractivity contribution in [2.24, 2.45) is 0 Å². The molecule has 0 saturated carbocycles. The number of likely N-dealkylation sites (tertiary alicyclic amines) is 1. The molecular weight excluding hydrogens is 360 g/mol. The van der Waals surface area contributed by atoms with E-state index in [1.54, 1.807) is 0 Å². The van der Waals surface area contributed by atoms with Gasteiger partial charge in [-0.15, -0.1) is 0 Å². The van der Waals surface area contributed by atoms with Gasteiger partial charge < -0.3 is 0 Å². The molecule has 2 aromatic heterocycles. The Bertz CT molecular complexity index is 1100. The van der Waals surface area contributed by atoms with E-state index < -0.39 is 0 Å². The number of hydrogen-bond donors (Lipinski definition) is 2. The number of aromatic amines is 2. The Labute approximate surface area is 170 Å². The van der Waals surface area contributed by atoms with Crippen LogP contribution in [0.5, 0.6) is 0 Å². The molecule has 0 unspecified atom stereocenters. The van der Waals surface area contributed by atoms with Crippen LogP contribution in [0.25, 0.3) is 21.8 Å². The Hall–Kier alpha value is -2.70. The van der Waals surface area contributed by atoms with Crippen LogP contribution >= 0.6 is 0 Å². The molecule has 2 aromatic carbocycles. The zero-order valence-electron chi connectivity index (χ0n) is 16.9. The van der Waals surface area contributed by atoms with Gasteiger partial charge in [0, 0.05) is 29.9 Å². The zero-order valence-corrected chi connectivity index (χ0v) is 16.9. The molecule has 1 aliphatic rings. The summed E-state index contributed by atoms with van der Waals surface area (Å²) in [5.74, 6) is 0. The van der Waals surface area contributed by atoms with Crippen LogP contribution in [0, 0.1) is 0 Å². The molecule has 0 spiro atoms. The Morgan fingerprint density at radius 3 is 2.38 bits per heavy atom. The van der Waals surface area contributed by atoms with Gasteiger partial charge in [0.2, 0.25) is 0 Å². The number of benzene rings is 2. The molecule has 0 aliphatic carbocycles. The van der Waals surface area contributed by atoms with Crippen molar-refractivity contribution in [3.05, 3.63) is 59.9 Å². The second-order valence-corrected chi connectivity index (χ2v) is 8.36. The number of nitrogens with zero attached hydrogens (tertiary/aromatic N) is 4. The fraction of sp³-hybridized carbons (Fsp3) is 0.391. The molecule has 1 atom stereocenters. The lowest BCUT2D eigenvalue weighted by molar-refractivity contribution is 0.206. The van der Waals surface area contributed by atoms with E-state index in [9.17, 15) is 0 Å². The molecule has 6 heteroatoms. The standard InChI is InChI=1S/C23H28N6/c1-28(15-17-4-6-19-13-24-26-22(19)11-17)21-3-2-9-29(10-8-21)16-18-5-7-20-14-25-27-23(20)12-18/h4-7,11-14,21H,2-3,8-10,15-16H2,1H3,(H,24,26)(H,25,27)/t21-/m0/s1. The third kappa shape index (κ3) is 4.04. The predicted octanol–water partition coefficient (Wildman–Crippen LogP) is 3.93. The molecule has 0 bridgehead atoms. The second-order valence-electron chi connectivity index (χ2n) is 8.36. The number of aromatic nitrogens is 4. The Balaban J connectivity index is 1.19. The molecular formula is C23H28N6. The highest BCUT2D eigenvalue weighted by Gasteiger charge is 2.21. The van der Waals surface area contributed by atoms with E-state index in [2.05, 4.69) is 73.6 Å². The van der Waals surface area contributed by atoms with Gasteiger partial charge in [0.1, 0.15) is 0 Å². The van der Waals surface area contributed by atoms with E-state index in [0.29, 0.717) is 6.04 Å². The largest absolute Gasteiger partial charge is 0.299 e. The average molecular weight is 389 g/mol. The van der Waals surface area contributed by atoms with Crippen LogP contribution in [-0.2, 0) is 13.1 Å². The van der Waals surface area contributed by atoms with Gasteiger partial charge in [0.15, 0.2) is 0 Å². The van der Waals surface area contributed by atoms with E-state index in [-0.39, 0.29) is 0 Å². The number of rotatable bonds is 5. The number of H-pyrrole nitrogens is 2. The van der Waals surface area contributed by atoms with Gasteiger partial charge in [-0.25, -0.2) is 0 Å². The van der Waals surface area contributed by atoms with Crippen LogP contribution in [-0.4, -0.2) is 56.4 Å². The van der Waals surface area contributed by atoms with Crippen molar-refractivity contribution in [3.8, 4) is 0 Å². The summed E-state index contributed by atoms with van der Waals surface area (Å²) < 4.78 is 0. The highest BCUT2D eigenvalue weighted by atomic mass is 15.2. The lowest BCUT2D eigenvalue weighted by Crippen LogP contribution is -2.32. The van der Waals surface area contributed by atoms with Gasteiger partial charge in [0.05, 0.1) is 23.4 Å². The average Bonchev–Trinajstić information content (AvgIpc) is 3.32. The molecule has 1 saturated heterocycles. The molecule has 3 heterocycles. The van der Waals surface area contributed by atoms with E-state index >= 15 is 0 Å². The number of fused-ring (bicyclic) bond motifs is 2. The summed E-state index contributed by atoms with van der Waals surface area (Å²) >= 11 is 0. The SMILES string of the molecule is CN(Cc1ccc2cn[nH]c2c1)[C@H]1CCCN(Cc2ccc3cn[nH]c3c2)CC1. The Kier molecular flexibility index (Phi) is 5.04. The first kappa shape index (κ1) is 18.3. The molecule has 1 aliphatic heterocycles. The van der Waals surface area contributed by atoms with Crippen LogP contribution in [0.1, 0.15) is 30.4 Å². The maximum atomic E-state index is 4.13. The number of nitrogens with one attached hydrogen (secondary N) is 2. The van der Waals surface area contributed by atoms with Gasteiger partial charge in [-0.3, -0.25) is 20.0 Å². The first-order valence-corrected chi connectivity index (χ1v) is 10.5. The Morgan fingerprint density at radius 1 is 0.931 bits per heavy atom.